The van der Waals surface area contributed by atoms with Crippen molar-refractivity contribution in [2.45, 2.75) is 20.4 Å². The molecular formula is C9H16N3O4P. The Bertz CT molecular complexity index is 445. The Kier molecular flexibility index (Phi) is 4.42. The summed E-state index contributed by atoms with van der Waals surface area (Å²) in [6, 6.07) is 0. The van der Waals surface area contributed by atoms with E-state index >= 15 is 0 Å². The first-order valence-electron chi connectivity index (χ1n) is 5.22. The molecule has 0 bridgehead atoms. The Labute approximate surface area is 99.2 Å². The maximum absolute atomic E-state index is 12.0. The molecule has 0 aliphatic carbocycles. The van der Waals surface area contributed by atoms with Crippen LogP contribution < -0.4 is 5.44 Å². The van der Waals surface area contributed by atoms with Gasteiger partial charge in [-0.2, -0.15) is 0 Å². The summed E-state index contributed by atoms with van der Waals surface area (Å²) in [7, 11) is -2.93. The minimum atomic E-state index is -2.93. The Hall–Kier alpha value is -1.20. The fraction of sp³-hybridized carbons (Fsp3) is 0.667. The molecule has 7 nitrogen and oxygen atoms in total. The minimum absolute atomic E-state index is 0.189. The average Bonchev–Trinajstić information content (AvgIpc) is 2.66. The van der Waals surface area contributed by atoms with Gasteiger partial charge < -0.3 is 9.63 Å². The summed E-state index contributed by atoms with van der Waals surface area (Å²) in [5.74, 6) is -1.49. The van der Waals surface area contributed by atoms with Gasteiger partial charge in [-0.15, -0.1) is 5.10 Å². The van der Waals surface area contributed by atoms with Crippen molar-refractivity contribution in [2.75, 3.05) is 13.3 Å². The molecule has 0 aliphatic rings. The Balaban J connectivity index is 2.78. The molecule has 0 saturated heterocycles. The number of hydrogen-bond donors (Lipinski definition) is 1. The topological polar surface area (TPSA) is 94.3 Å². The molecule has 17 heavy (non-hydrogen) atoms. The molecule has 1 rings (SSSR count). The number of aromatic nitrogens is 3. The van der Waals surface area contributed by atoms with Crippen LogP contribution in [0.2, 0.25) is 0 Å². The number of carbonyl (C=O) groups is 1. The van der Waals surface area contributed by atoms with Crippen LogP contribution in [0.3, 0.4) is 0 Å². The van der Waals surface area contributed by atoms with E-state index in [1.807, 2.05) is 0 Å². The Morgan fingerprint density at radius 2 is 2.35 bits per heavy atom. The predicted octanol–water partition coefficient (Wildman–Crippen LogP) is 0.569. The van der Waals surface area contributed by atoms with Crippen molar-refractivity contribution in [2.24, 2.45) is 5.92 Å². The smallest absolute Gasteiger partial charge is 0.308 e. The predicted molar refractivity (Wildman–Crippen MR) is 61.6 cm³/mol. The van der Waals surface area contributed by atoms with Gasteiger partial charge in [-0.25, -0.2) is 0 Å². The van der Waals surface area contributed by atoms with E-state index in [9.17, 15) is 9.36 Å². The highest BCUT2D eigenvalue weighted by molar-refractivity contribution is 7.65. The third-order valence-electron chi connectivity index (χ3n) is 2.20. The zero-order chi connectivity index (χ0) is 13.1. The first-order chi connectivity index (χ1) is 7.86. The van der Waals surface area contributed by atoms with Crippen LogP contribution in [0, 0.1) is 5.92 Å². The summed E-state index contributed by atoms with van der Waals surface area (Å²) >= 11 is 0. The summed E-state index contributed by atoms with van der Waals surface area (Å²) in [4.78, 5) is 10.7. The lowest BCUT2D eigenvalue weighted by molar-refractivity contribution is -0.141. The molecule has 1 aromatic heterocycles. The zero-order valence-electron chi connectivity index (χ0n) is 10.0. The zero-order valence-corrected chi connectivity index (χ0v) is 10.9. The first kappa shape index (κ1) is 13.9. The van der Waals surface area contributed by atoms with E-state index in [0.717, 1.165) is 0 Å². The van der Waals surface area contributed by atoms with Crippen molar-refractivity contribution in [3.63, 3.8) is 0 Å². The lowest BCUT2D eigenvalue weighted by Crippen LogP contribution is -2.17. The number of aliphatic carboxylic acids is 1. The summed E-state index contributed by atoms with van der Waals surface area (Å²) in [5, 5.41) is 16.2. The second kappa shape index (κ2) is 5.42. The van der Waals surface area contributed by atoms with E-state index in [0.29, 0.717) is 6.61 Å². The van der Waals surface area contributed by atoms with Gasteiger partial charge in [0.05, 0.1) is 25.3 Å². The van der Waals surface area contributed by atoms with Crippen LogP contribution in [-0.4, -0.2) is 39.3 Å². The van der Waals surface area contributed by atoms with Crippen molar-refractivity contribution >= 4 is 18.8 Å². The molecule has 1 N–H and O–H groups in total. The van der Waals surface area contributed by atoms with Gasteiger partial charge in [0, 0.05) is 6.66 Å². The number of nitrogens with zero attached hydrogens (tertiary/aromatic N) is 3. The lowest BCUT2D eigenvalue weighted by Gasteiger charge is -2.08. The average molecular weight is 261 g/mol. The van der Waals surface area contributed by atoms with Crippen LogP contribution in [0.1, 0.15) is 13.8 Å². The second-order valence-electron chi connectivity index (χ2n) is 3.80. The first-order valence-corrected chi connectivity index (χ1v) is 7.29. The van der Waals surface area contributed by atoms with Gasteiger partial charge in [-0.05, 0) is 6.92 Å². The normalized spacial score (nSPS) is 16.4. The monoisotopic (exact) mass is 261 g/mol. The molecule has 0 saturated carbocycles. The fourth-order valence-electron chi connectivity index (χ4n) is 1.23. The van der Waals surface area contributed by atoms with Crippen LogP contribution in [0.25, 0.3) is 0 Å². The van der Waals surface area contributed by atoms with Gasteiger partial charge >= 0.3 is 5.97 Å². The third-order valence-corrected chi connectivity index (χ3v) is 3.99. The number of carboxylic acid groups (broad SMARTS) is 1. The van der Waals surface area contributed by atoms with Gasteiger partial charge in [0.1, 0.15) is 0 Å². The highest BCUT2D eigenvalue weighted by Crippen LogP contribution is 2.39. The van der Waals surface area contributed by atoms with Crippen molar-refractivity contribution in [3.8, 4) is 0 Å². The minimum Gasteiger partial charge on any atom is -0.481 e. The third kappa shape index (κ3) is 3.64. The van der Waals surface area contributed by atoms with Crippen LogP contribution in [0.4, 0.5) is 0 Å². The van der Waals surface area contributed by atoms with E-state index in [-0.39, 0.29) is 12.0 Å². The van der Waals surface area contributed by atoms with Gasteiger partial charge in [0.2, 0.25) is 7.37 Å². The molecule has 0 amide bonds. The number of carboxylic acids is 1. The highest BCUT2D eigenvalue weighted by Gasteiger charge is 2.23. The van der Waals surface area contributed by atoms with Crippen molar-refractivity contribution in [1.29, 1.82) is 0 Å². The molecule has 1 aromatic rings. The maximum Gasteiger partial charge on any atom is 0.308 e. The quantitative estimate of drug-likeness (QED) is 0.752. The van der Waals surface area contributed by atoms with Crippen molar-refractivity contribution in [3.05, 3.63) is 6.20 Å². The Morgan fingerprint density at radius 3 is 2.88 bits per heavy atom. The van der Waals surface area contributed by atoms with Gasteiger partial charge in [-0.1, -0.05) is 12.1 Å². The van der Waals surface area contributed by atoms with Crippen molar-refractivity contribution < 1.29 is 19.0 Å². The molecule has 0 fully saturated rings. The summed E-state index contributed by atoms with van der Waals surface area (Å²) < 4.78 is 18.5. The largest absolute Gasteiger partial charge is 0.481 e. The number of rotatable bonds is 6. The lowest BCUT2D eigenvalue weighted by atomic mass is 10.2. The SMILES string of the molecule is CCOP(C)(=O)c1cn(C[C@H](C)C(=O)O)nn1. The van der Waals surface area contributed by atoms with Crippen LogP contribution in [-0.2, 0) is 20.4 Å². The summed E-state index contributed by atoms with van der Waals surface area (Å²) in [5.41, 5.74) is 0.261. The fourth-order valence-corrected chi connectivity index (χ4v) is 2.41. The maximum atomic E-state index is 12.0. The van der Waals surface area contributed by atoms with Crippen molar-refractivity contribution in [1.82, 2.24) is 15.0 Å². The van der Waals surface area contributed by atoms with Gasteiger partial charge in [0.25, 0.3) is 0 Å². The molecule has 0 radical (unpaired) electrons. The van der Waals surface area contributed by atoms with Crippen LogP contribution >= 0.6 is 7.37 Å². The Morgan fingerprint density at radius 1 is 1.71 bits per heavy atom. The second-order valence-corrected chi connectivity index (χ2v) is 6.21. The van der Waals surface area contributed by atoms with E-state index in [2.05, 4.69) is 10.3 Å². The van der Waals surface area contributed by atoms with Crippen LogP contribution in [0.5, 0.6) is 0 Å². The van der Waals surface area contributed by atoms with E-state index in [4.69, 9.17) is 9.63 Å². The molecule has 0 spiro atoms. The van der Waals surface area contributed by atoms with Gasteiger partial charge in [-0.3, -0.25) is 14.0 Å². The molecule has 0 aromatic carbocycles. The van der Waals surface area contributed by atoms with E-state index < -0.39 is 19.3 Å². The molecule has 2 atom stereocenters. The summed E-state index contributed by atoms with van der Waals surface area (Å²) in [6.45, 7) is 5.29. The molecular weight excluding hydrogens is 245 g/mol. The van der Waals surface area contributed by atoms with E-state index in [1.54, 1.807) is 13.8 Å². The number of hydrogen-bond acceptors (Lipinski definition) is 5. The molecule has 96 valence electrons. The van der Waals surface area contributed by atoms with Crippen LogP contribution in [0.15, 0.2) is 6.20 Å². The highest BCUT2D eigenvalue weighted by atomic mass is 31.2. The molecule has 0 aliphatic heterocycles. The molecule has 1 heterocycles. The van der Waals surface area contributed by atoms with Gasteiger partial charge in [0.15, 0.2) is 5.44 Å². The molecule has 1 unspecified atom stereocenters. The summed E-state index contributed by atoms with van der Waals surface area (Å²) in [6.07, 6.45) is 1.47. The van der Waals surface area contributed by atoms with E-state index in [1.165, 1.54) is 17.5 Å². The molecule has 8 heteroatoms. The standard InChI is InChI=1S/C9H16N3O4P/c1-4-16-17(3,15)8-6-12(11-10-8)5-7(2)9(13)14/h6-7H,4-5H2,1-3H3,(H,13,14)/t7-,17?/m0/s1.